The Labute approximate surface area is 166 Å². The molecule has 0 saturated carbocycles. The Morgan fingerprint density at radius 2 is 2.04 bits per heavy atom. The van der Waals surface area contributed by atoms with Crippen LogP contribution >= 0.6 is 11.3 Å². The summed E-state index contributed by atoms with van der Waals surface area (Å²) in [5.74, 6) is -0.271. The van der Waals surface area contributed by atoms with E-state index in [1.54, 1.807) is 17.0 Å². The second-order valence-electron chi connectivity index (χ2n) is 6.72. The molecule has 1 aliphatic heterocycles. The lowest BCUT2D eigenvalue weighted by Gasteiger charge is -2.31. The van der Waals surface area contributed by atoms with E-state index in [9.17, 15) is 9.59 Å². The topological polar surface area (TPSA) is 88.3 Å². The molecule has 1 aromatic carbocycles. The van der Waals surface area contributed by atoms with Crippen molar-refractivity contribution in [2.45, 2.75) is 19.3 Å². The van der Waals surface area contributed by atoms with Crippen molar-refractivity contribution in [2.24, 2.45) is 5.92 Å². The lowest BCUT2D eigenvalue weighted by atomic mass is 9.97. The van der Waals surface area contributed by atoms with Gasteiger partial charge in [-0.15, -0.1) is 10.2 Å². The molecule has 1 saturated heterocycles. The number of carbonyl (C=O) groups excluding carboxylic acids is 2. The van der Waals surface area contributed by atoms with Crippen molar-refractivity contribution in [3.05, 3.63) is 65.1 Å². The third-order valence-electron chi connectivity index (χ3n) is 4.71. The molecule has 2 aromatic heterocycles. The number of amides is 2. The predicted molar refractivity (Wildman–Crippen MR) is 105 cm³/mol. The van der Waals surface area contributed by atoms with Crippen molar-refractivity contribution in [2.75, 3.05) is 18.4 Å². The van der Waals surface area contributed by atoms with Gasteiger partial charge in [-0.05, 0) is 30.5 Å². The first kappa shape index (κ1) is 18.4. The minimum absolute atomic E-state index is 0.126. The van der Waals surface area contributed by atoms with Gasteiger partial charge in [0.1, 0.15) is 5.01 Å². The molecule has 1 atom stereocenters. The van der Waals surface area contributed by atoms with Gasteiger partial charge in [0.15, 0.2) is 5.76 Å². The number of nitrogens with zero attached hydrogens (tertiary/aromatic N) is 3. The maximum absolute atomic E-state index is 12.7. The summed E-state index contributed by atoms with van der Waals surface area (Å²) in [5.41, 5.74) is 1.15. The number of hydrogen-bond acceptors (Lipinski definition) is 6. The quantitative estimate of drug-likeness (QED) is 0.715. The molecule has 1 fully saturated rings. The lowest BCUT2D eigenvalue weighted by molar-refractivity contribution is -0.121. The van der Waals surface area contributed by atoms with Crippen LogP contribution in [-0.4, -0.2) is 40.0 Å². The molecule has 0 aliphatic carbocycles. The number of nitrogens with one attached hydrogen (secondary N) is 1. The molecule has 28 heavy (non-hydrogen) atoms. The number of aromatic nitrogens is 2. The molecule has 2 amide bonds. The summed E-state index contributed by atoms with van der Waals surface area (Å²) in [6.45, 7) is 1.00. The summed E-state index contributed by atoms with van der Waals surface area (Å²) in [6, 6.07) is 13.3. The first-order valence-electron chi connectivity index (χ1n) is 9.19. The van der Waals surface area contributed by atoms with Crippen LogP contribution in [0.5, 0.6) is 0 Å². The number of carbonyl (C=O) groups is 2. The number of rotatable bonds is 5. The van der Waals surface area contributed by atoms with Crippen molar-refractivity contribution in [1.82, 2.24) is 15.1 Å². The second-order valence-corrected chi connectivity index (χ2v) is 7.78. The van der Waals surface area contributed by atoms with Crippen molar-refractivity contribution in [3.63, 3.8) is 0 Å². The summed E-state index contributed by atoms with van der Waals surface area (Å²) >= 11 is 1.38. The first-order chi connectivity index (χ1) is 13.7. The largest absolute Gasteiger partial charge is 0.459 e. The Morgan fingerprint density at radius 3 is 2.82 bits per heavy atom. The number of hydrogen-bond donors (Lipinski definition) is 1. The van der Waals surface area contributed by atoms with Crippen molar-refractivity contribution >= 4 is 28.3 Å². The second kappa shape index (κ2) is 8.35. The zero-order valence-corrected chi connectivity index (χ0v) is 16.0. The maximum Gasteiger partial charge on any atom is 0.289 e. The van der Waals surface area contributed by atoms with Crippen LogP contribution in [0, 0.1) is 5.92 Å². The Balaban J connectivity index is 1.35. The SMILES string of the molecule is O=C(Nc1nnc(Cc2ccccc2)s1)C1CCCN(C(=O)c2ccco2)C1. The van der Waals surface area contributed by atoms with Crippen LogP contribution in [0.3, 0.4) is 0 Å². The van der Waals surface area contributed by atoms with Crippen molar-refractivity contribution in [1.29, 1.82) is 0 Å². The van der Waals surface area contributed by atoms with Crippen LogP contribution in [-0.2, 0) is 11.2 Å². The molecule has 8 heteroatoms. The maximum atomic E-state index is 12.7. The molecule has 0 spiro atoms. The minimum Gasteiger partial charge on any atom is -0.459 e. The summed E-state index contributed by atoms with van der Waals surface area (Å²) in [6.07, 6.45) is 3.68. The van der Waals surface area contributed by atoms with Crippen molar-refractivity contribution in [3.8, 4) is 0 Å². The minimum atomic E-state index is -0.269. The highest BCUT2D eigenvalue weighted by atomic mass is 32.1. The van der Waals surface area contributed by atoms with Crippen LogP contribution < -0.4 is 5.32 Å². The van der Waals surface area contributed by atoms with Gasteiger partial charge < -0.3 is 14.6 Å². The fourth-order valence-electron chi connectivity index (χ4n) is 3.29. The number of furan rings is 1. The van der Waals surface area contributed by atoms with E-state index in [0.29, 0.717) is 30.4 Å². The van der Waals surface area contributed by atoms with Crippen LogP contribution in [0.25, 0.3) is 0 Å². The van der Waals surface area contributed by atoms with Gasteiger partial charge in [0.2, 0.25) is 11.0 Å². The molecule has 1 N–H and O–H groups in total. The molecule has 3 aromatic rings. The Bertz CT molecular complexity index is 940. The average Bonchev–Trinajstić information content (AvgIpc) is 3.41. The Morgan fingerprint density at radius 1 is 1.18 bits per heavy atom. The third kappa shape index (κ3) is 4.28. The van der Waals surface area contributed by atoms with Crippen LogP contribution in [0.15, 0.2) is 53.1 Å². The lowest BCUT2D eigenvalue weighted by Crippen LogP contribution is -2.43. The summed E-state index contributed by atoms with van der Waals surface area (Å²) in [7, 11) is 0. The monoisotopic (exact) mass is 396 g/mol. The molecule has 4 rings (SSSR count). The van der Waals surface area contributed by atoms with E-state index in [1.165, 1.54) is 17.6 Å². The molecule has 144 valence electrons. The fraction of sp³-hybridized carbons (Fsp3) is 0.300. The van der Waals surface area contributed by atoms with Crippen LogP contribution in [0.4, 0.5) is 5.13 Å². The van der Waals surface area contributed by atoms with E-state index in [4.69, 9.17) is 4.42 Å². The number of anilines is 1. The molecule has 3 heterocycles. The fourth-order valence-corrected chi connectivity index (χ4v) is 4.06. The number of benzene rings is 1. The van der Waals surface area contributed by atoms with Crippen LogP contribution in [0.1, 0.15) is 34.0 Å². The van der Waals surface area contributed by atoms with Gasteiger partial charge in [0.25, 0.3) is 5.91 Å². The highest BCUT2D eigenvalue weighted by Crippen LogP contribution is 2.23. The normalized spacial score (nSPS) is 16.7. The van der Waals surface area contributed by atoms with Gasteiger partial charge in [-0.1, -0.05) is 41.7 Å². The van der Waals surface area contributed by atoms with E-state index in [-0.39, 0.29) is 17.7 Å². The number of likely N-dealkylation sites (tertiary alicyclic amines) is 1. The van der Waals surface area contributed by atoms with Gasteiger partial charge >= 0.3 is 0 Å². The van der Waals surface area contributed by atoms with E-state index in [1.807, 2.05) is 30.3 Å². The summed E-state index contributed by atoms with van der Waals surface area (Å²) in [4.78, 5) is 26.8. The molecular formula is C20H20N4O3S. The van der Waals surface area contributed by atoms with E-state index in [2.05, 4.69) is 15.5 Å². The summed E-state index contributed by atoms with van der Waals surface area (Å²) in [5, 5.41) is 12.4. The zero-order valence-electron chi connectivity index (χ0n) is 15.2. The predicted octanol–water partition coefficient (Wildman–Crippen LogP) is 3.21. The van der Waals surface area contributed by atoms with Gasteiger partial charge in [-0.25, -0.2) is 0 Å². The van der Waals surface area contributed by atoms with Gasteiger partial charge in [-0.2, -0.15) is 0 Å². The Kier molecular flexibility index (Phi) is 5.48. The molecule has 1 unspecified atom stereocenters. The molecule has 7 nitrogen and oxygen atoms in total. The Hall–Kier alpha value is -3.00. The number of piperidine rings is 1. The summed E-state index contributed by atoms with van der Waals surface area (Å²) < 4.78 is 5.18. The van der Waals surface area contributed by atoms with Crippen LogP contribution in [0.2, 0.25) is 0 Å². The van der Waals surface area contributed by atoms with Crippen molar-refractivity contribution < 1.29 is 14.0 Å². The highest BCUT2D eigenvalue weighted by molar-refractivity contribution is 7.15. The van der Waals surface area contributed by atoms with E-state index < -0.39 is 0 Å². The van der Waals surface area contributed by atoms with E-state index in [0.717, 1.165) is 23.4 Å². The van der Waals surface area contributed by atoms with Gasteiger partial charge in [-0.3, -0.25) is 9.59 Å². The highest BCUT2D eigenvalue weighted by Gasteiger charge is 2.30. The zero-order chi connectivity index (χ0) is 19.3. The standard InChI is InChI=1S/C20H20N4O3S/c25-18(15-8-4-10-24(13-15)19(26)16-9-5-11-27-16)21-20-23-22-17(28-20)12-14-6-2-1-3-7-14/h1-3,5-7,9,11,15H,4,8,10,12-13H2,(H,21,23,25). The van der Waals surface area contributed by atoms with Gasteiger partial charge in [0.05, 0.1) is 12.2 Å². The van der Waals surface area contributed by atoms with Gasteiger partial charge in [0, 0.05) is 19.5 Å². The third-order valence-corrected chi connectivity index (χ3v) is 5.55. The van der Waals surface area contributed by atoms with E-state index >= 15 is 0 Å². The molecule has 1 aliphatic rings. The molecule has 0 radical (unpaired) electrons. The smallest absolute Gasteiger partial charge is 0.289 e. The molecule has 0 bridgehead atoms. The first-order valence-corrected chi connectivity index (χ1v) is 10.0. The average molecular weight is 396 g/mol. The molecular weight excluding hydrogens is 376 g/mol.